The topological polar surface area (TPSA) is 32.3 Å². The first-order valence-corrected chi connectivity index (χ1v) is 6.61. The number of rotatable bonds is 6. The van der Waals surface area contributed by atoms with Crippen molar-refractivity contribution in [3.63, 3.8) is 0 Å². The van der Waals surface area contributed by atoms with Crippen LogP contribution in [0.1, 0.15) is 19.4 Å². The van der Waals surface area contributed by atoms with Crippen molar-refractivity contribution in [1.29, 1.82) is 0 Å². The number of nitrogens with one attached hydrogen (secondary N) is 1. The van der Waals surface area contributed by atoms with Crippen molar-refractivity contribution in [2.24, 2.45) is 5.92 Å². The summed E-state index contributed by atoms with van der Waals surface area (Å²) in [6.07, 6.45) is -0.0458. The summed E-state index contributed by atoms with van der Waals surface area (Å²) in [5.41, 5.74) is 0.795. The Bertz CT molecular complexity index is 357. The van der Waals surface area contributed by atoms with E-state index in [1.165, 1.54) is 12.1 Å². The minimum absolute atomic E-state index is 0.273. The van der Waals surface area contributed by atoms with E-state index in [0.717, 1.165) is 16.6 Å². The van der Waals surface area contributed by atoms with Crippen LogP contribution < -0.4 is 5.32 Å². The highest BCUT2D eigenvalue weighted by Crippen LogP contribution is 2.19. The molecule has 96 valence electrons. The van der Waals surface area contributed by atoms with Crippen molar-refractivity contribution in [3.8, 4) is 0 Å². The monoisotopic (exact) mass is 303 g/mol. The fourth-order valence-electron chi connectivity index (χ4n) is 1.56. The van der Waals surface area contributed by atoms with E-state index in [1.54, 1.807) is 6.07 Å². The quantitative estimate of drug-likeness (QED) is 0.847. The van der Waals surface area contributed by atoms with Crippen molar-refractivity contribution >= 4 is 15.9 Å². The van der Waals surface area contributed by atoms with Crippen LogP contribution in [0.4, 0.5) is 4.39 Å². The summed E-state index contributed by atoms with van der Waals surface area (Å²) in [5.74, 6) is 0.286. The predicted octanol–water partition coefficient (Wildman–Crippen LogP) is 2.74. The van der Waals surface area contributed by atoms with Gasteiger partial charge in [-0.3, -0.25) is 0 Å². The molecule has 0 heterocycles. The van der Waals surface area contributed by atoms with Crippen molar-refractivity contribution in [2.45, 2.75) is 26.4 Å². The summed E-state index contributed by atoms with van der Waals surface area (Å²) in [4.78, 5) is 0. The molecule has 0 saturated carbocycles. The SMILES string of the molecule is CC(C)CNCC(O)Cc1cc(F)ccc1Br. The largest absolute Gasteiger partial charge is 0.391 e. The third-order valence-corrected chi connectivity index (χ3v) is 3.17. The molecule has 0 amide bonds. The Kier molecular flexibility index (Phi) is 6.09. The van der Waals surface area contributed by atoms with Gasteiger partial charge >= 0.3 is 0 Å². The molecule has 0 aliphatic rings. The van der Waals surface area contributed by atoms with E-state index in [9.17, 15) is 9.50 Å². The van der Waals surface area contributed by atoms with Gasteiger partial charge in [-0.25, -0.2) is 4.39 Å². The van der Waals surface area contributed by atoms with Gasteiger partial charge in [-0.2, -0.15) is 0 Å². The molecule has 0 saturated heterocycles. The second-order valence-electron chi connectivity index (χ2n) is 4.65. The van der Waals surface area contributed by atoms with E-state index >= 15 is 0 Å². The molecule has 0 aliphatic heterocycles. The first-order valence-electron chi connectivity index (χ1n) is 5.81. The number of hydrogen-bond acceptors (Lipinski definition) is 2. The number of benzene rings is 1. The van der Waals surface area contributed by atoms with E-state index in [0.29, 0.717) is 18.9 Å². The van der Waals surface area contributed by atoms with Crippen molar-refractivity contribution in [1.82, 2.24) is 5.32 Å². The van der Waals surface area contributed by atoms with Gasteiger partial charge in [-0.15, -0.1) is 0 Å². The fraction of sp³-hybridized carbons (Fsp3) is 0.538. The molecule has 2 N–H and O–H groups in total. The lowest BCUT2D eigenvalue weighted by atomic mass is 10.1. The van der Waals surface area contributed by atoms with Gasteiger partial charge in [0.15, 0.2) is 0 Å². The van der Waals surface area contributed by atoms with E-state index < -0.39 is 6.10 Å². The Morgan fingerprint density at radius 2 is 2.06 bits per heavy atom. The highest BCUT2D eigenvalue weighted by atomic mass is 79.9. The van der Waals surface area contributed by atoms with Gasteiger partial charge in [0, 0.05) is 17.4 Å². The van der Waals surface area contributed by atoms with Gasteiger partial charge in [0.05, 0.1) is 6.10 Å². The Hall–Kier alpha value is -0.450. The van der Waals surface area contributed by atoms with Gasteiger partial charge in [-0.1, -0.05) is 29.8 Å². The molecule has 1 aromatic rings. The molecule has 2 nitrogen and oxygen atoms in total. The lowest BCUT2D eigenvalue weighted by Gasteiger charge is -2.14. The molecule has 1 aromatic carbocycles. The number of halogens is 2. The summed E-state index contributed by atoms with van der Waals surface area (Å²) in [6.45, 7) is 5.63. The molecular weight excluding hydrogens is 285 g/mol. The van der Waals surface area contributed by atoms with Crippen LogP contribution in [0.2, 0.25) is 0 Å². The molecular formula is C13H19BrFNO. The molecule has 1 atom stereocenters. The third kappa shape index (κ3) is 5.61. The van der Waals surface area contributed by atoms with Crippen LogP contribution in [0.15, 0.2) is 22.7 Å². The molecule has 0 radical (unpaired) electrons. The lowest BCUT2D eigenvalue weighted by molar-refractivity contribution is 0.170. The Labute approximate surface area is 110 Å². The molecule has 0 fully saturated rings. The van der Waals surface area contributed by atoms with Crippen LogP contribution in [0.3, 0.4) is 0 Å². The van der Waals surface area contributed by atoms with E-state index in [2.05, 4.69) is 35.1 Å². The average Bonchev–Trinajstić information content (AvgIpc) is 2.23. The molecule has 17 heavy (non-hydrogen) atoms. The second kappa shape index (κ2) is 7.09. The van der Waals surface area contributed by atoms with Crippen LogP contribution in [0.5, 0.6) is 0 Å². The molecule has 0 bridgehead atoms. The minimum Gasteiger partial charge on any atom is -0.391 e. The molecule has 1 unspecified atom stereocenters. The maximum absolute atomic E-state index is 13.0. The molecule has 1 rings (SSSR count). The molecule has 0 aromatic heterocycles. The Morgan fingerprint density at radius 3 is 2.71 bits per heavy atom. The van der Waals surface area contributed by atoms with E-state index in [-0.39, 0.29) is 5.82 Å². The smallest absolute Gasteiger partial charge is 0.123 e. The zero-order valence-electron chi connectivity index (χ0n) is 10.2. The van der Waals surface area contributed by atoms with E-state index in [4.69, 9.17) is 0 Å². The molecule has 4 heteroatoms. The number of hydrogen-bond donors (Lipinski definition) is 2. The number of aliphatic hydroxyl groups excluding tert-OH is 1. The summed E-state index contributed by atoms with van der Waals surface area (Å²) in [6, 6.07) is 4.52. The Morgan fingerprint density at radius 1 is 1.35 bits per heavy atom. The van der Waals surface area contributed by atoms with Crippen LogP contribution in [0.25, 0.3) is 0 Å². The average molecular weight is 304 g/mol. The first kappa shape index (κ1) is 14.6. The summed E-state index contributed by atoms with van der Waals surface area (Å²) >= 11 is 3.35. The molecule has 0 aliphatic carbocycles. The number of aliphatic hydroxyl groups is 1. The minimum atomic E-state index is -0.494. The van der Waals surface area contributed by atoms with Crippen molar-refractivity contribution in [3.05, 3.63) is 34.1 Å². The maximum Gasteiger partial charge on any atom is 0.123 e. The van der Waals surface area contributed by atoms with Gasteiger partial charge in [0.1, 0.15) is 5.82 Å². The summed E-state index contributed by atoms with van der Waals surface area (Å²) in [7, 11) is 0. The Balaban J connectivity index is 2.44. The zero-order chi connectivity index (χ0) is 12.8. The van der Waals surface area contributed by atoms with Crippen LogP contribution in [-0.2, 0) is 6.42 Å². The van der Waals surface area contributed by atoms with Crippen LogP contribution in [0, 0.1) is 11.7 Å². The van der Waals surface area contributed by atoms with E-state index in [1.807, 2.05) is 0 Å². The predicted molar refractivity (Wildman–Crippen MR) is 71.5 cm³/mol. The first-order chi connectivity index (χ1) is 7.99. The third-order valence-electron chi connectivity index (χ3n) is 2.40. The van der Waals surface area contributed by atoms with Crippen LogP contribution in [-0.4, -0.2) is 24.3 Å². The highest BCUT2D eigenvalue weighted by Gasteiger charge is 2.09. The van der Waals surface area contributed by atoms with Gasteiger partial charge in [0.2, 0.25) is 0 Å². The highest BCUT2D eigenvalue weighted by molar-refractivity contribution is 9.10. The van der Waals surface area contributed by atoms with Crippen molar-refractivity contribution < 1.29 is 9.50 Å². The van der Waals surface area contributed by atoms with Gasteiger partial charge < -0.3 is 10.4 Å². The summed E-state index contributed by atoms with van der Waals surface area (Å²) < 4.78 is 13.9. The van der Waals surface area contributed by atoms with Crippen LogP contribution >= 0.6 is 15.9 Å². The fourth-order valence-corrected chi connectivity index (χ4v) is 1.97. The molecule has 0 spiro atoms. The zero-order valence-corrected chi connectivity index (χ0v) is 11.8. The summed E-state index contributed by atoms with van der Waals surface area (Å²) in [5, 5.41) is 13.0. The maximum atomic E-state index is 13.0. The lowest BCUT2D eigenvalue weighted by Crippen LogP contribution is -2.31. The standard InChI is InChI=1S/C13H19BrFNO/c1-9(2)7-16-8-12(17)6-10-5-11(15)3-4-13(10)14/h3-5,9,12,16-17H,6-8H2,1-2H3. The van der Waals surface area contributed by atoms with Gasteiger partial charge in [-0.05, 0) is 36.2 Å². The van der Waals surface area contributed by atoms with Gasteiger partial charge in [0.25, 0.3) is 0 Å². The second-order valence-corrected chi connectivity index (χ2v) is 5.50. The van der Waals surface area contributed by atoms with Crippen molar-refractivity contribution in [2.75, 3.05) is 13.1 Å². The normalized spacial score (nSPS) is 13.1.